The predicted octanol–water partition coefficient (Wildman–Crippen LogP) is 3.47. The first-order valence-corrected chi connectivity index (χ1v) is 9.90. The van der Waals surface area contributed by atoms with E-state index in [1.54, 1.807) is 11.0 Å². The van der Waals surface area contributed by atoms with Crippen molar-refractivity contribution in [2.75, 3.05) is 4.90 Å². The quantitative estimate of drug-likeness (QED) is 0.547. The number of hydrogen-bond acceptors (Lipinski definition) is 4. The average Bonchev–Trinajstić information content (AvgIpc) is 3.26. The number of hydrogen-bond donors (Lipinski definition) is 1. The number of anilines is 1. The van der Waals surface area contributed by atoms with Crippen molar-refractivity contribution in [3.63, 3.8) is 0 Å². The number of rotatable bonds is 4. The molecule has 1 amide bonds. The van der Waals surface area contributed by atoms with Gasteiger partial charge in [0.1, 0.15) is 0 Å². The molecule has 2 fully saturated rings. The van der Waals surface area contributed by atoms with Gasteiger partial charge in [0.05, 0.1) is 41.2 Å². The molecule has 7 nitrogen and oxygen atoms in total. The number of pyridine rings is 1. The van der Waals surface area contributed by atoms with Crippen LogP contribution < -0.4 is 4.90 Å². The summed E-state index contributed by atoms with van der Waals surface area (Å²) in [6, 6.07) is 10.1. The second-order valence-electron chi connectivity index (χ2n) is 8.00. The molecule has 144 valence electrons. The minimum atomic E-state index is 0.0295. The van der Waals surface area contributed by atoms with Crippen molar-refractivity contribution in [3.8, 4) is 11.3 Å². The van der Waals surface area contributed by atoms with Gasteiger partial charge in [0.25, 0.3) is 0 Å². The number of nitrogens with one attached hydrogen (secondary N) is 1. The SMILES string of the molecule is Cn1cc(-c2ccc([C@H]3[C@@H](C4CC4)C(=O)N3c3ccc4[nH]cnc4c3)cn2)cn1. The first-order chi connectivity index (χ1) is 14.2. The van der Waals surface area contributed by atoms with Gasteiger partial charge in [0.2, 0.25) is 5.91 Å². The molecule has 29 heavy (non-hydrogen) atoms. The van der Waals surface area contributed by atoms with Gasteiger partial charge in [-0.2, -0.15) is 5.10 Å². The van der Waals surface area contributed by atoms with Gasteiger partial charge in [-0.3, -0.25) is 14.5 Å². The molecule has 1 saturated carbocycles. The van der Waals surface area contributed by atoms with Crippen molar-refractivity contribution < 1.29 is 4.79 Å². The van der Waals surface area contributed by atoms with E-state index in [1.165, 1.54) is 0 Å². The van der Waals surface area contributed by atoms with E-state index < -0.39 is 0 Å². The van der Waals surface area contributed by atoms with Crippen molar-refractivity contribution in [2.24, 2.45) is 18.9 Å². The number of β-lactam (4-membered cyclic amide) rings is 1. The highest BCUT2D eigenvalue weighted by Gasteiger charge is 2.55. The van der Waals surface area contributed by atoms with Gasteiger partial charge in [-0.25, -0.2) is 4.98 Å². The van der Waals surface area contributed by atoms with Gasteiger partial charge < -0.3 is 9.88 Å². The number of imidazole rings is 1. The summed E-state index contributed by atoms with van der Waals surface area (Å²) >= 11 is 0. The Kier molecular flexibility index (Phi) is 3.41. The van der Waals surface area contributed by atoms with Crippen LogP contribution in [0.4, 0.5) is 5.69 Å². The fraction of sp³-hybridized carbons (Fsp3) is 0.273. The highest BCUT2D eigenvalue weighted by atomic mass is 16.2. The van der Waals surface area contributed by atoms with E-state index in [0.717, 1.165) is 46.4 Å². The predicted molar refractivity (Wildman–Crippen MR) is 109 cm³/mol. The Bertz CT molecular complexity index is 1220. The highest BCUT2D eigenvalue weighted by molar-refractivity contribution is 6.04. The molecule has 7 heteroatoms. The molecule has 4 aromatic rings. The van der Waals surface area contributed by atoms with Gasteiger partial charge in [-0.1, -0.05) is 6.07 Å². The van der Waals surface area contributed by atoms with Gasteiger partial charge >= 0.3 is 0 Å². The second-order valence-corrected chi connectivity index (χ2v) is 8.00. The Morgan fingerprint density at radius 2 is 2.00 bits per heavy atom. The summed E-state index contributed by atoms with van der Waals surface area (Å²) in [4.78, 5) is 27.1. The van der Waals surface area contributed by atoms with Gasteiger partial charge in [0.15, 0.2) is 0 Å². The largest absolute Gasteiger partial charge is 0.345 e. The number of nitrogens with zero attached hydrogens (tertiary/aromatic N) is 5. The van der Waals surface area contributed by atoms with Crippen LogP contribution in [-0.2, 0) is 11.8 Å². The van der Waals surface area contributed by atoms with Crippen LogP contribution in [0.5, 0.6) is 0 Å². The van der Waals surface area contributed by atoms with Crippen LogP contribution in [-0.4, -0.2) is 30.6 Å². The lowest BCUT2D eigenvalue weighted by molar-refractivity contribution is -0.131. The zero-order chi connectivity index (χ0) is 19.5. The number of carbonyl (C=O) groups excluding carboxylic acids is 1. The number of benzene rings is 1. The molecule has 6 rings (SSSR count). The Labute approximate surface area is 167 Å². The summed E-state index contributed by atoms with van der Waals surface area (Å²) in [6.45, 7) is 0. The van der Waals surface area contributed by atoms with Crippen molar-refractivity contribution >= 4 is 22.6 Å². The molecule has 1 N–H and O–H groups in total. The molecule has 1 aliphatic heterocycles. The molecule has 2 aliphatic rings. The molecule has 0 unspecified atom stereocenters. The Morgan fingerprint density at radius 1 is 1.10 bits per heavy atom. The van der Waals surface area contributed by atoms with Gasteiger partial charge in [0, 0.05) is 30.7 Å². The third kappa shape index (κ3) is 2.57. The molecule has 2 atom stereocenters. The van der Waals surface area contributed by atoms with Crippen molar-refractivity contribution in [3.05, 3.63) is 60.8 Å². The summed E-state index contributed by atoms with van der Waals surface area (Å²) in [5, 5.41) is 4.22. The van der Waals surface area contributed by atoms with Gasteiger partial charge in [-0.15, -0.1) is 0 Å². The van der Waals surface area contributed by atoms with Crippen LogP contribution in [0.2, 0.25) is 0 Å². The van der Waals surface area contributed by atoms with Crippen molar-refractivity contribution in [1.82, 2.24) is 24.7 Å². The molecule has 3 aromatic heterocycles. The third-order valence-corrected chi connectivity index (χ3v) is 6.08. The molecule has 0 spiro atoms. The summed E-state index contributed by atoms with van der Waals surface area (Å²) in [5.41, 5.74) is 5.70. The number of aryl methyl sites for hydroxylation is 1. The van der Waals surface area contributed by atoms with Crippen molar-refractivity contribution in [2.45, 2.75) is 18.9 Å². The van der Waals surface area contributed by atoms with Crippen LogP contribution in [0.1, 0.15) is 24.4 Å². The fourth-order valence-electron chi connectivity index (χ4n) is 4.44. The standard InChI is InChI=1S/C22H20N6O/c1-27-11-15(10-26-27)17-6-4-14(9-23-17)21-20(13-2-3-13)22(29)28(21)16-5-7-18-19(8-16)25-12-24-18/h4-13,20-21H,2-3H2,1H3,(H,24,25)/t20-,21+/m1/s1. The Balaban J connectivity index is 1.37. The number of H-pyrrole nitrogens is 1. The first-order valence-electron chi connectivity index (χ1n) is 9.90. The maximum atomic E-state index is 13.1. The van der Waals surface area contributed by atoms with E-state index in [2.05, 4.69) is 26.1 Å². The summed E-state index contributed by atoms with van der Waals surface area (Å²) < 4.78 is 1.77. The number of aromatic amines is 1. The Morgan fingerprint density at radius 3 is 2.72 bits per heavy atom. The van der Waals surface area contributed by atoms with Crippen LogP contribution in [0.15, 0.2) is 55.2 Å². The minimum absolute atomic E-state index is 0.0295. The molecule has 0 bridgehead atoms. The lowest BCUT2D eigenvalue weighted by Crippen LogP contribution is -2.56. The molecular weight excluding hydrogens is 364 g/mol. The fourth-order valence-corrected chi connectivity index (χ4v) is 4.44. The molecular formula is C22H20N6O. The van der Waals surface area contributed by atoms with E-state index >= 15 is 0 Å². The number of amides is 1. The zero-order valence-electron chi connectivity index (χ0n) is 16.0. The Hall–Kier alpha value is -3.48. The molecule has 0 radical (unpaired) electrons. The second kappa shape index (κ2) is 6.01. The average molecular weight is 384 g/mol. The van der Waals surface area contributed by atoms with E-state index in [-0.39, 0.29) is 17.9 Å². The molecule has 1 aliphatic carbocycles. The third-order valence-electron chi connectivity index (χ3n) is 6.08. The smallest absolute Gasteiger partial charge is 0.233 e. The summed E-state index contributed by atoms with van der Waals surface area (Å²) in [5.74, 6) is 0.760. The number of fused-ring (bicyclic) bond motifs is 1. The van der Waals surface area contributed by atoms with E-state index in [0.29, 0.717) is 5.92 Å². The zero-order valence-corrected chi connectivity index (χ0v) is 16.0. The lowest BCUT2D eigenvalue weighted by atomic mass is 9.79. The molecule has 4 heterocycles. The van der Waals surface area contributed by atoms with Gasteiger partial charge in [-0.05, 0) is 48.6 Å². The monoisotopic (exact) mass is 384 g/mol. The lowest BCUT2D eigenvalue weighted by Gasteiger charge is -2.47. The topological polar surface area (TPSA) is 79.7 Å². The van der Waals surface area contributed by atoms with Crippen molar-refractivity contribution in [1.29, 1.82) is 0 Å². The van der Waals surface area contributed by atoms with Crippen LogP contribution in [0, 0.1) is 11.8 Å². The van der Waals surface area contributed by atoms with E-state index in [9.17, 15) is 4.79 Å². The minimum Gasteiger partial charge on any atom is -0.345 e. The number of aromatic nitrogens is 5. The molecule has 1 aromatic carbocycles. The highest BCUT2D eigenvalue weighted by Crippen LogP contribution is 2.53. The normalized spacial score (nSPS) is 21.6. The summed E-state index contributed by atoms with van der Waals surface area (Å²) in [7, 11) is 1.89. The van der Waals surface area contributed by atoms with Crippen LogP contribution >= 0.6 is 0 Å². The van der Waals surface area contributed by atoms with Crippen LogP contribution in [0.25, 0.3) is 22.3 Å². The van der Waals surface area contributed by atoms with Crippen LogP contribution in [0.3, 0.4) is 0 Å². The van der Waals surface area contributed by atoms with E-state index in [1.807, 2.05) is 54.8 Å². The summed E-state index contributed by atoms with van der Waals surface area (Å²) in [6.07, 6.45) is 9.63. The maximum Gasteiger partial charge on any atom is 0.233 e. The first kappa shape index (κ1) is 16.5. The number of carbonyl (C=O) groups is 1. The van der Waals surface area contributed by atoms with E-state index in [4.69, 9.17) is 0 Å². The maximum absolute atomic E-state index is 13.1. The molecule has 1 saturated heterocycles.